The monoisotopic (exact) mass is 441 g/mol. The van der Waals surface area contributed by atoms with Gasteiger partial charge in [0.25, 0.3) is 0 Å². The van der Waals surface area contributed by atoms with Crippen molar-refractivity contribution in [2.75, 3.05) is 0 Å². The second-order valence-corrected chi connectivity index (χ2v) is 8.29. The first kappa shape index (κ1) is 20.3. The Balaban J connectivity index is 1.81. The first-order chi connectivity index (χ1) is 15.4. The van der Waals surface area contributed by atoms with Gasteiger partial charge in [-0.3, -0.25) is 4.79 Å². The number of rotatable bonds is 4. The largest absolute Gasteiger partial charge is 0.366 e. The lowest BCUT2D eigenvalue weighted by molar-refractivity contribution is 0.100. The van der Waals surface area contributed by atoms with Crippen LogP contribution < -0.4 is 5.73 Å². The fourth-order valence-corrected chi connectivity index (χ4v) is 4.37. The van der Waals surface area contributed by atoms with Gasteiger partial charge in [-0.25, -0.2) is 4.39 Å². The summed E-state index contributed by atoms with van der Waals surface area (Å²) in [5.41, 5.74) is 10.9. The van der Waals surface area contributed by atoms with Gasteiger partial charge in [0.1, 0.15) is 5.82 Å². The summed E-state index contributed by atoms with van der Waals surface area (Å²) in [6, 6.07) is 25.6. The quantitative estimate of drug-likeness (QED) is 0.339. The standard InChI is InChI=1S/C27H19ClFN2O/c1-16-4-2-5-19(26(16)29)15-31-23-7-3-6-22(27(30)32)25(23)21-13-10-18(14-24(21)31)17-8-11-20(28)12-9-17/h2-12,14H,15H2,1H3,(H2,30,32). The topological polar surface area (TPSA) is 48.0 Å². The highest BCUT2D eigenvalue weighted by atomic mass is 35.5. The molecule has 0 atom stereocenters. The van der Waals surface area contributed by atoms with Gasteiger partial charge < -0.3 is 10.3 Å². The van der Waals surface area contributed by atoms with Crippen molar-refractivity contribution in [3.8, 4) is 11.1 Å². The number of hydrogen-bond donors (Lipinski definition) is 1. The smallest absolute Gasteiger partial charge is 0.249 e. The first-order valence-corrected chi connectivity index (χ1v) is 10.6. The Morgan fingerprint density at radius 2 is 1.78 bits per heavy atom. The molecule has 5 aromatic rings. The summed E-state index contributed by atoms with van der Waals surface area (Å²) in [6.45, 7) is 2.07. The van der Waals surface area contributed by atoms with Gasteiger partial charge in [-0.05, 0) is 66.1 Å². The zero-order valence-electron chi connectivity index (χ0n) is 17.3. The van der Waals surface area contributed by atoms with Gasteiger partial charge in [-0.2, -0.15) is 0 Å². The van der Waals surface area contributed by atoms with E-state index < -0.39 is 5.91 Å². The molecule has 0 aliphatic heterocycles. The van der Waals surface area contributed by atoms with Crippen LogP contribution in [0, 0.1) is 18.8 Å². The predicted molar refractivity (Wildman–Crippen MR) is 127 cm³/mol. The van der Waals surface area contributed by atoms with Crippen LogP contribution in [0.25, 0.3) is 32.9 Å². The van der Waals surface area contributed by atoms with Crippen LogP contribution in [0.1, 0.15) is 21.5 Å². The van der Waals surface area contributed by atoms with Crippen molar-refractivity contribution in [3.63, 3.8) is 0 Å². The van der Waals surface area contributed by atoms with Crippen molar-refractivity contribution in [1.29, 1.82) is 0 Å². The van der Waals surface area contributed by atoms with E-state index in [9.17, 15) is 9.18 Å². The molecule has 0 fully saturated rings. The number of nitrogens with two attached hydrogens (primary N) is 1. The molecule has 32 heavy (non-hydrogen) atoms. The van der Waals surface area contributed by atoms with Gasteiger partial charge in [0, 0.05) is 26.9 Å². The Morgan fingerprint density at radius 3 is 2.53 bits per heavy atom. The zero-order valence-corrected chi connectivity index (χ0v) is 18.1. The minimum absolute atomic E-state index is 0.230. The molecule has 3 nitrogen and oxygen atoms in total. The van der Waals surface area contributed by atoms with Crippen LogP contribution in [0.5, 0.6) is 0 Å². The van der Waals surface area contributed by atoms with Gasteiger partial charge in [-0.15, -0.1) is 0 Å². The van der Waals surface area contributed by atoms with Crippen LogP contribution in [0.2, 0.25) is 5.02 Å². The highest BCUT2D eigenvalue weighted by Crippen LogP contribution is 2.35. The minimum Gasteiger partial charge on any atom is -0.366 e. The Hall–Kier alpha value is -3.63. The maximum Gasteiger partial charge on any atom is 0.249 e. The van der Waals surface area contributed by atoms with E-state index >= 15 is 0 Å². The van der Waals surface area contributed by atoms with Crippen molar-refractivity contribution in [1.82, 2.24) is 4.57 Å². The maximum atomic E-state index is 14.9. The van der Waals surface area contributed by atoms with E-state index in [2.05, 4.69) is 6.07 Å². The molecule has 4 aromatic carbocycles. The van der Waals surface area contributed by atoms with E-state index in [1.165, 1.54) is 0 Å². The molecule has 0 aliphatic rings. The first-order valence-electron chi connectivity index (χ1n) is 10.2. The van der Waals surface area contributed by atoms with Gasteiger partial charge in [0.05, 0.1) is 17.6 Å². The molecule has 0 saturated heterocycles. The molecular weight excluding hydrogens is 423 g/mol. The van der Waals surface area contributed by atoms with Crippen molar-refractivity contribution >= 4 is 39.3 Å². The SMILES string of the molecule is Cc1cccc(Cn2c3cc(-c4ccc(Cl)cc4)c[c]c3c3c(C(N)=O)cccc32)c1F. The number of primary amides is 1. The summed E-state index contributed by atoms with van der Waals surface area (Å²) < 4.78 is 16.9. The summed E-state index contributed by atoms with van der Waals surface area (Å²) in [7, 11) is 0. The number of aryl methyl sites for hydroxylation is 1. The predicted octanol–water partition coefficient (Wildman–Crippen LogP) is 6.51. The molecule has 0 spiro atoms. The maximum absolute atomic E-state index is 14.9. The number of amides is 1. The van der Waals surface area contributed by atoms with Crippen molar-refractivity contribution in [2.45, 2.75) is 13.5 Å². The highest BCUT2D eigenvalue weighted by molar-refractivity contribution is 6.30. The molecular formula is C27H19ClFN2O. The van der Waals surface area contributed by atoms with Crippen molar-refractivity contribution < 1.29 is 9.18 Å². The summed E-state index contributed by atoms with van der Waals surface area (Å²) in [6.07, 6.45) is 0. The molecule has 1 heterocycles. The van der Waals surface area contributed by atoms with E-state index in [0.29, 0.717) is 28.3 Å². The van der Waals surface area contributed by atoms with Crippen LogP contribution in [0.15, 0.2) is 72.8 Å². The van der Waals surface area contributed by atoms with Crippen LogP contribution in [0.4, 0.5) is 4.39 Å². The molecule has 2 N–H and O–H groups in total. The fourth-order valence-electron chi connectivity index (χ4n) is 4.24. The number of hydrogen-bond acceptors (Lipinski definition) is 1. The average Bonchev–Trinajstić information content (AvgIpc) is 3.10. The highest BCUT2D eigenvalue weighted by Gasteiger charge is 2.18. The normalized spacial score (nSPS) is 11.3. The Labute approximate surface area is 189 Å². The molecule has 1 radical (unpaired) electrons. The van der Waals surface area contributed by atoms with Crippen LogP contribution >= 0.6 is 11.6 Å². The second kappa shape index (κ2) is 7.81. The number of aromatic nitrogens is 1. The molecule has 5 rings (SSSR count). The van der Waals surface area contributed by atoms with Gasteiger partial charge in [-0.1, -0.05) is 48.0 Å². The van der Waals surface area contributed by atoms with Crippen LogP contribution in [-0.4, -0.2) is 10.5 Å². The van der Waals surface area contributed by atoms with Crippen LogP contribution in [0.3, 0.4) is 0 Å². The molecule has 157 valence electrons. The second-order valence-electron chi connectivity index (χ2n) is 7.85. The fraction of sp³-hybridized carbons (Fsp3) is 0.0741. The summed E-state index contributed by atoms with van der Waals surface area (Å²) in [4.78, 5) is 12.2. The van der Waals surface area contributed by atoms with E-state index in [4.69, 9.17) is 17.3 Å². The summed E-state index contributed by atoms with van der Waals surface area (Å²) in [5, 5.41) is 2.17. The van der Waals surface area contributed by atoms with Crippen molar-refractivity contribution in [3.05, 3.63) is 106 Å². The van der Waals surface area contributed by atoms with Gasteiger partial charge in [0.15, 0.2) is 0 Å². The number of benzene rings is 4. The van der Waals surface area contributed by atoms with E-state index in [-0.39, 0.29) is 5.82 Å². The molecule has 0 saturated carbocycles. The molecule has 0 aliphatic carbocycles. The lowest BCUT2D eigenvalue weighted by Gasteiger charge is -2.11. The van der Waals surface area contributed by atoms with Gasteiger partial charge >= 0.3 is 0 Å². The average molecular weight is 442 g/mol. The summed E-state index contributed by atoms with van der Waals surface area (Å²) >= 11 is 6.05. The third kappa shape index (κ3) is 3.33. The van der Waals surface area contributed by atoms with Crippen LogP contribution in [-0.2, 0) is 6.54 Å². The van der Waals surface area contributed by atoms with Crippen molar-refractivity contribution in [2.24, 2.45) is 5.73 Å². The van der Waals surface area contributed by atoms with E-state index in [0.717, 1.165) is 32.9 Å². The number of halogens is 2. The third-order valence-electron chi connectivity index (χ3n) is 5.84. The third-order valence-corrected chi connectivity index (χ3v) is 6.09. The van der Waals surface area contributed by atoms with Gasteiger partial charge in [0.2, 0.25) is 5.91 Å². The van der Waals surface area contributed by atoms with E-state index in [1.54, 1.807) is 31.2 Å². The Morgan fingerprint density at radius 1 is 1.03 bits per heavy atom. The molecule has 1 aromatic heterocycles. The Kier molecular flexibility index (Phi) is 4.95. The number of carbonyl (C=O) groups is 1. The zero-order chi connectivity index (χ0) is 22.4. The molecule has 5 heteroatoms. The number of nitrogens with zero attached hydrogens (tertiary/aromatic N) is 1. The number of fused-ring (bicyclic) bond motifs is 3. The number of carbonyl (C=O) groups excluding carboxylic acids is 1. The molecule has 0 bridgehead atoms. The molecule has 1 amide bonds. The lowest BCUT2D eigenvalue weighted by Crippen LogP contribution is -2.11. The Bertz CT molecular complexity index is 1500. The minimum atomic E-state index is -0.508. The summed E-state index contributed by atoms with van der Waals surface area (Å²) in [5.74, 6) is -0.738. The molecule has 0 unspecified atom stereocenters. The lowest BCUT2D eigenvalue weighted by atomic mass is 10.0. The van der Waals surface area contributed by atoms with E-state index in [1.807, 2.05) is 53.1 Å².